The fraction of sp³-hybridized carbons (Fsp3) is 0.646. The van der Waals surface area contributed by atoms with E-state index in [4.69, 9.17) is 14.2 Å². The lowest BCUT2D eigenvalue weighted by Crippen LogP contribution is -2.30. The molecule has 0 N–H and O–H groups in total. The fourth-order valence-corrected chi connectivity index (χ4v) is 7.57. The third kappa shape index (κ3) is 56.6. The Morgan fingerprint density at radius 1 is 0.296 bits per heavy atom. The van der Waals surface area contributed by atoms with Crippen LogP contribution in [-0.4, -0.2) is 37.2 Å². The van der Waals surface area contributed by atoms with Crippen LogP contribution in [0.25, 0.3) is 0 Å². The van der Waals surface area contributed by atoms with Crippen LogP contribution in [0.2, 0.25) is 0 Å². The minimum absolute atomic E-state index is 0.116. The largest absolute Gasteiger partial charge is 0.462 e. The van der Waals surface area contributed by atoms with Crippen molar-refractivity contribution in [3.8, 4) is 0 Å². The highest BCUT2D eigenvalue weighted by atomic mass is 16.6. The molecular weight excluding hydrogens is 877 g/mol. The number of rotatable bonds is 51. The molecule has 0 spiro atoms. The first-order valence-electron chi connectivity index (χ1n) is 29.0. The maximum absolute atomic E-state index is 12.8. The Bertz CT molecular complexity index is 1500. The fourth-order valence-electron chi connectivity index (χ4n) is 7.57. The molecule has 6 nitrogen and oxygen atoms in total. The molecule has 0 saturated carbocycles. The van der Waals surface area contributed by atoms with Gasteiger partial charge in [-0.1, -0.05) is 226 Å². The van der Waals surface area contributed by atoms with Gasteiger partial charge in [-0.15, -0.1) is 0 Å². The zero-order valence-corrected chi connectivity index (χ0v) is 45.9. The maximum atomic E-state index is 12.8. The van der Waals surface area contributed by atoms with E-state index < -0.39 is 6.10 Å². The van der Waals surface area contributed by atoms with Gasteiger partial charge in [-0.2, -0.15) is 0 Å². The first kappa shape index (κ1) is 66.8. The highest BCUT2D eigenvalue weighted by Crippen LogP contribution is 2.13. The zero-order valence-electron chi connectivity index (χ0n) is 45.9. The summed E-state index contributed by atoms with van der Waals surface area (Å²) in [6.07, 6.45) is 80.5. The normalized spacial score (nSPS) is 13.0. The van der Waals surface area contributed by atoms with Gasteiger partial charge < -0.3 is 14.2 Å². The van der Waals surface area contributed by atoms with E-state index in [-0.39, 0.29) is 37.5 Å². The Balaban J connectivity index is 4.55. The van der Waals surface area contributed by atoms with Gasteiger partial charge in [0.15, 0.2) is 6.10 Å². The van der Waals surface area contributed by atoms with Gasteiger partial charge in [0.25, 0.3) is 0 Å². The second kappa shape index (κ2) is 58.4. The smallest absolute Gasteiger partial charge is 0.306 e. The molecule has 0 rings (SSSR count). The predicted molar refractivity (Wildman–Crippen MR) is 306 cm³/mol. The van der Waals surface area contributed by atoms with Crippen molar-refractivity contribution in [2.75, 3.05) is 13.2 Å². The molecule has 0 saturated heterocycles. The van der Waals surface area contributed by atoms with E-state index in [0.717, 1.165) is 109 Å². The van der Waals surface area contributed by atoms with Crippen LogP contribution in [0.5, 0.6) is 0 Å². The molecule has 71 heavy (non-hydrogen) atoms. The van der Waals surface area contributed by atoms with E-state index in [1.807, 2.05) is 0 Å². The van der Waals surface area contributed by atoms with E-state index in [1.165, 1.54) is 96.3 Å². The Morgan fingerprint density at radius 3 is 0.944 bits per heavy atom. The van der Waals surface area contributed by atoms with Crippen molar-refractivity contribution in [3.63, 3.8) is 0 Å². The molecule has 0 aliphatic heterocycles. The number of esters is 3. The number of unbranched alkanes of at least 4 members (excludes halogenated alkanes) is 20. The molecule has 0 aromatic rings. The molecule has 0 heterocycles. The van der Waals surface area contributed by atoms with Crippen molar-refractivity contribution >= 4 is 17.9 Å². The zero-order chi connectivity index (χ0) is 51.4. The van der Waals surface area contributed by atoms with E-state index in [1.54, 1.807) is 0 Å². The Hall–Kier alpha value is -4.19. The highest BCUT2D eigenvalue weighted by molar-refractivity contribution is 5.71. The lowest BCUT2D eigenvalue weighted by Gasteiger charge is -2.18. The summed E-state index contributed by atoms with van der Waals surface area (Å²) >= 11 is 0. The van der Waals surface area contributed by atoms with Crippen molar-refractivity contribution in [1.29, 1.82) is 0 Å². The van der Waals surface area contributed by atoms with E-state index >= 15 is 0 Å². The topological polar surface area (TPSA) is 78.9 Å². The number of allylic oxidation sites excluding steroid dienone is 20. The summed E-state index contributed by atoms with van der Waals surface area (Å²) in [5.41, 5.74) is 0. The van der Waals surface area contributed by atoms with Crippen molar-refractivity contribution < 1.29 is 28.6 Å². The summed E-state index contributed by atoms with van der Waals surface area (Å²) in [6, 6.07) is 0. The summed E-state index contributed by atoms with van der Waals surface area (Å²) in [4.78, 5) is 38.2. The van der Waals surface area contributed by atoms with Gasteiger partial charge in [0.2, 0.25) is 0 Å². The third-order valence-corrected chi connectivity index (χ3v) is 11.9. The highest BCUT2D eigenvalue weighted by Gasteiger charge is 2.19. The molecule has 6 heteroatoms. The average Bonchev–Trinajstić information content (AvgIpc) is 3.37. The molecule has 0 aromatic heterocycles. The quantitative estimate of drug-likeness (QED) is 0.0261. The number of ether oxygens (including phenoxy) is 3. The minimum Gasteiger partial charge on any atom is -0.462 e. The Kier molecular flexibility index (Phi) is 54.9. The molecule has 1 atom stereocenters. The number of carbonyl (C=O) groups excluding carboxylic acids is 3. The van der Waals surface area contributed by atoms with Gasteiger partial charge >= 0.3 is 17.9 Å². The van der Waals surface area contributed by atoms with Gasteiger partial charge in [0, 0.05) is 19.3 Å². The monoisotopic (exact) mass is 983 g/mol. The van der Waals surface area contributed by atoms with Gasteiger partial charge in [0.1, 0.15) is 13.2 Å². The van der Waals surface area contributed by atoms with Crippen molar-refractivity contribution in [2.45, 2.75) is 258 Å². The summed E-state index contributed by atoms with van der Waals surface area (Å²) in [7, 11) is 0. The lowest BCUT2D eigenvalue weighted by atomic mass is 10.1. The van der Waals surface area contributed by atoms with Crippen molar-refractivity contribution in [3.05, 3.63) is 122 Å². The predicted octanol–water partition coefficient (Wildman–Crippen LogP) is 19.6. The van der Waals surface area contributed by atoms with Crippen LogP contribution >= 0.6 is 0 Å². The average molecular weight is 984 g/mol. The molecule has 0 aliphatic rings. The molecule has 0 amide bonds. The molecular formula is C65H106O6. The van der Waals surface area contributed by atoms with Crippen LogP contribution in [0.4, 0.5) is 0 Å². The molecule has 0 aromatic carbocycles. The molecule has 0 radical (unpaired) electrons. The minimum atomic E-state index is -0.826. The Labute approximate surface area is 437 Å². The summed E-state index contributed by atoms with van der Waals surface area (Å²) < 4.78 is 16.8. The Morgan fingerprint density at radius 2 is 0.563 bits per heavy atom. The first-order valence-corrected chi connectivity index (χ1v) is 29.0. The van der Waals surface area contributed by atoms with Gasteiger partial charge in [0.05, 0.1) is 0 Å². The number of carbonyl (C=O) groups is 3. The van der Waals surface area contributed by atoms with Gasteiger partial charge in [-0.05, 0) is 128 Å². The number of hydrogen-bond donors (Lipinski definition) is 0. The third-order valence-electron chi connectivity index (χ3n) is 11.9. The second-order valence-electron chi connectivity index (χ2n) is 18.8. The molecule has 0 aliphatic carbocycles. The van der Waals surface area contributed by atoms with Gasteiger partial charge in [-0.25, -0.2) is 0 Å². The molecule has 0 unspecified atom stereocenters. The first-order chi connectivity index (χ1) is 35.0. The van der Waals surface area contributed by atoms with Crippen molar-refractivity contribution in [1.82, 2.24) is 0 Å². The van der Waals surface area contributed by atoms with E-state index in [0.29, 0.717) is 19.3 Å². The SMILES string of the molecule is CC/C=C\C/C=C\C/C=C\C/C=C\C/C=C\CCCCCC(=O)OC[C@H](COC(=O)CCCCCCCCC/C=C\C/C=C\CCCCC)OC(=O)CCC/C=C\C/C=C\C/C=C\CCCCCCCC. The summed E-state index contributed by atoms with van der Waals surface area (Å²) in [5, 5.41) is 0. The lowest BCUT2D eigenvalue weighted by molar-refractivity contribution is -0.167. The van der Waals surface area contributed by atoms with Crippen LogP contribution < -0.4 is 0 Å². The maximum Gasteiger partial charge on any atom is 0.306 e. The second-order valence-corrected chi connectivity index (χ2v) is 18.8. The van der Waals surface area contributed by atoms with Crippen LogP contribution in [0, 0.1) is 0 Å². The standard InChI is InChI=1S/C65H106O6/c1-4-7-10-13-16-19-22-25-28-31-32-35-37-40-43-46-49-52-55-58-64(67)70-61-62(71-65(68)59-56-53-50-47-44-41-38-34-30-27-24-21-18-15-12-9-6-3)60-69-63(66)57-54-51-48-45-42-39-36-33-29-26-23-20-17-14-11-8-5-2/h7,10,16-17,19-20,25-30,32,35,38,40-41,43,47,50,62H,4-6,8-9,11-15,18,21-24,31,33-34,36-37,39,42,44-46,48-49,51-61H2,1-3H3/b10-7-,19-16-,20-17-,28-25-,29-26-,30-27-,35-32-,41-38-,43-40-,50-47-/t62-/m0/s1. The van der Waals surface area contributed by atoms with Crippen LogP contribution in [-0.2, 0) is 28.6 Å². The summed E-state index contributed by atoms with van der Waals surface area (Å²) in [5.74, 6) is -1.01. The van der Waals surface area contributed by atoms with E-state index in [2.05, 4.69) is 142 Å². The van der Waals surface area contributed by atoms with E-state index in [9.17, 15) is 14.4 Å². The molecule has 0 fully saturated rings. The summed E-state index contributed by atoms with van der Waals surface area (Å²) in [6.45, 7) is 6.42. The molecule has 402 valence electrons. The van der Waals surface area contributed by atoms with Crippen LogP contribution in [0.15, 0.2) is 122 Å². The van der Waals surface area contributed by atoms with Crippen LogP contribution in [0.3, 0.4) is 0 Å². The molecule has 0 bridgehead atoms. The number of hydrogen-bond acceptors (Lipinski definition) is 6. The van der Waals surface area contributed by atoms with Gasteiger partial charge in [-0.3, -0.25) is 14.4 Å². The van der Waals surface area contributed by atoms with Crippen molar-refractivity contribution in [2.24, 2.45) is 0 Å². The van der Waals surface area contributed by atoms with Crippen LogP contribution in [0.1, 0.15) is 252 Å².